The fraction of sp³-hybridized carbons (Fsp3) is 1.00. The Bertz CT molecular complexity index is 191. The minimum absolute atomic E-state index is 0.897. The Balaban J connectivity index is 1.67. The molecule has 2 unspecified atom stereocenters. The van der Waals surface area contributed by atoms with Crippen LogP contribution in [0.1, 0.15) is 51.4 Å². The number of hydrogen-bond donors (Lipinski definition) is 1. The molecule has 0 amide bonds. The first-order chi connectivity index (χ1) is 7.90. The van der Waals surface area contributed by atoms with Crippen molar-refractivity contribution in [3.8, 4) is 0 Å². The maximum atomic E-state index is 3.74. The summed E-state index contributed by atoms with van der Waals surface area (Å²) in [5.41, 5.74) is 0. The largest absolute Gasteiger partial charge is 0.314 e. The normalized spacial score (nSPS) is 30.6. The van der Waals surface area contributed by atoms with Gasteiger partial charge in [0.1, 0.15) is 0 Å². The summed E-state index contributed by atoms with van der Waals surface area (Å²) in [7, 11) is 0. The molecule has 2 heteroatoms. The van der Waals surface area contributed by atoms with Crippen LogP contribution in [0.4, 0.5) is 0 Å². The quantitative estimate of drug-likeness (QED) is 0.682. The maximum Gasteiger partial charge on any atom is 0.00683 e. The molecule has 0 bridgehead atoms. The molecule has 2 saturated carbocycles. The van der Waals surface area contributed by atoms with Crippen molar-refractivity contribution in [1.82, 2.24) is 5.32 Å². The molecule has 2 atom stereocenters. The molecule has 2 fully saturated rings. The monoisotopic (exact) mass is 241 g/mol. The van der Waals surface area contributed by atoms with Gasteiger partial charge in [-0.05, 0) is 62.5 Å². The van der Waals surface area contributed by atoms with E-state index in [1.165, 1.54) is 63.7 Å². The zero-order valence-electron chi connectivity index (χ0n) is 10.7. The van der Waals surface area contributed by atoms with Crippen LogP contribution in [-0.2, 0) is 0 Å². The van der Waals surface area contributed by atoms with Crippen molar-refractivity contribution < 1.29 is 0 Å². The van der Waals surface area contributed by atoms with E-state index in [1.54, 1.807) is 0 Å². The lowest BCUT2D eigenvalue weighted by Crippen LogP contribution is -2.31. The summed E-state index contributed by atoms with van der Waals surface area (Å²) in [6.07, 6.45) is 14.0. The Morgan fingerprint density at radius 3 is 2.50 bits per heavy atom. The Kier molecular flexibility index (Phi) is 5.51. The van der Waals surface area contributed by atoms with Crippen LogP contribution in [0.15, 0.2) is 0 Å². The van der Waals surface area contributed by atoms with Gasteiger partial charge in [-0.3, -0.25) is 0 Å². The number of rotatable bonds is 7. The van der Waals surface area contributed by atoms with Gasteiger partial charge in [0, 0.05) is 6.04 Å². The summed E-state index contributed by atoms with van der Waals surface area (Å²) < 4.78 is 0. The lowest BCUT2D eigenvalue weighted by molar-refractivity contribution is 0.216. The average molecular weight is 241 g/mol. The van der Waals surface area contributed by atoms with Gasteiger partial charge in [-0.15, -0.1) is 0 Å². The molecule has 2 rings (SSSR count). The molecule has 16 heavy (non-hydrogen) atoms. The van der Waals surface area contributed by atoms with Crippen LogP contribution in [-0.4, -0.2) is 24.6 Å². The Labute approximate surface area is 105 Å². The van der Waals surface area contributed by atoms with Crippen molar-refractivity contribution in [3.63, 3.8) is 0 Å². The SMILES string of the molecule is CSCCCC1CCCCC1CNC1CC1. The third-order valence-corrected chi connectivity index (χ3v) is 4.93. The van der Waals surface area contributed by atoms with Gasteiger partial charge >= 0.3 is 0 Å². The lowest BCUT2D eigenvalue weighted by Gasteiger charge is -2.32. The van der Waals surface area contributed by atoms with Crippen LogP contribution in [0.2, 0.25) is 0 Å². The van der Waals surface area contributed by atoms with Crippen molar-refractivity contribution in [2.24, 2.45) is 11.8 Å². The molecule has 0 radical (unpaired) electrons. The van der Waals surface area contributed by atoms with E-state index in [-0.39, 0.29) is 0 Å². The highest BCUT2D eigenvalue weighted by atomic mass is 32.2. The summed E-state index contributed by atoms with van der Waals surface area (Å²) in [5.74, 6) is 3.39. The third kappa shape index (κ3) is 4.29. The minimum Gasteiger partial charge on any atom is -0.314 e. The van der Waals surface area contributed by atoms with E-state index in [4.69, 9.17) is 0 Å². The van der Waals surface area contributed by atoms with Crippen molar-refractivity contribution in [3.05, 3.63) is 0 Å². The summed E-state index contributed by atoms with van der Waals surface area (Å²) >= 11 is 2.00. The lowest BCUT2D eigenvalue weighted by atomic mass is 9.77. The predicted octanol–water partition coefficient (Wildman–Crippen LogP) is 3.69. The topological polar surface area (TPSA) is 12.0 Å². The first-order valence-corrected chi connectivity index (χ1v) is 8.52. The van der Waals surface area contributed by atoms with E-state index in [9.17, 15) is 0 Å². The van der Waals surface area contributed by atoms with E-state index in [1.807, 2.05) is 11.8 Å². The Morgan fingerprint density at radius 1 is 1.06 bits per heavy atom. The smallest absolute Gasteiger partial charge is 0.00683 e. The second-order valence-electron chi connectivity index (χ2n) is 5.62. The predicted molar refractivity (Wildman–Crippen MR) is 74.1 cm³/mol. The molecule has 1 N–H and O–H groups in total. The van der Waals surface area contributed by atoms with Gasteiger partial charge in [-0.1, -0.05) is 19.3 Å². The summed E-state index contributed by atoms with van der Waals surface area (Å²) in [6.45, 7) is 1.31. The highest BCUT2D eigenvalue weighted by molar-refractivity contribution is 7.98. The van der Waals surface area contributed by atoms with Crippen LogP contribution >= 0.6 is 11.8 Å². The second kappa shape index (κ2) is 6.90. The zero-order valence-corrected chi connectivity index (χ0v) is 11.5. The average Bonchev–Trinajstić information content (AvgIpc) is 3.12. The van der Waals surface area contributed by atoms with Gasteiger partial charge in [0.25, 0.3) is 0 Å². The van der Waals surface area contributed by atoms with Crippen LogP contribution in [0.25, 0.3) is 0 Å². The first-order valence-electron chi connectivity index (χ1n) is 7.12. The molecule has 0 spiro atoms. The molecule has 94 valence electrons. The van der Waals surface area contributed by atoms with E-state index in [2.05, 4.69) is 11.6 Å². The highest BCUT2D eigenvalue weighted by Crippen LogP contribution is 2.33. The van der Waals surface area contributed by atoms with Crippen molar-refractivity contribution in [2.75, 3.05) is 18.6 Å². The molecular formula is C14H27NS. The zero-order chi connectivity index (χ0) is 11.2. The van der Waals surface area contributed by atoms with Gasteiger partial charge in [-0.25, -0.2) is 0 Å². The third-order valence-electron chi connectivity index (χ3n) is 4.24. The molecule has 2 aliphatic carbocycles. The van der Waals surface area contributed by atoms with Gasteiger partial charge in [-0.2, -0.15) is 11.8 Å². The van der Waals surface area contributed by atoms with Gasteiger partial charge in [0.2, 0.25) is 0 Å². The van der Waals surface area contributed by atoms with E-state index >= 15 is 0 Å². The van der Waals surface area contributed by atoms with Crippen molar-refractivity contribution in [2.45, 2.75) is 57.4 Å². The minimum atomic E-state index is 0.897. The maximum absolute atomic E-state index is 3.74. The van der Waals surface area contributed by atoms with Crippen molar-refractivity contribution in [1.29, 1.82) is 0 Å². The standard InChI is InChI=1S/C14H27NS/c1-16-10-4-7-12-5-2-3-6-13(12)11-15-14-8-9-14/h12-15H,2-11H2,1H3. The molecular weight excluding hydrogens is 214 g/mol. The van der Waals surface area contributed by atoms with E-state index in [0.29, 0.717) is 0 Å². The summed E-state index contributed by atoms with van der Waals surface area (Å²) in [5, 5.41) is 3.74. The molecule has 0 aromatic carbocycles. The molecule has 0 aromatic rings. The Morgan fingerprint density at radius 2 is 1.81 bits per heavy atom. The van der Waals surface area contributed by atoms with Gasteiger partial charge < -0.3 is 5.32 Å². The fourth-order valence-corrected chi connectivity index (χ4v) is 3.48. The van der Waals surface area contributed by atoms with Crippen LogP contribution in [0.5, 0.6) is 0 Å². The number of nitrogens with one attached hydrogen (secondary N) is 1. The summed E-state index contributed by atoms with van der Waals surface area (Å²) in [4.78, 5) is 0. The molecule has 0 heterocycles. The second-order valence-corrected chi connectivity index (χ2v) is 6.61. The van der Waals surface area contributed by atoms with Gasteiger partial charge in [0.05, 0.1) is 0 Å². The van der Waals surface area contributed by atoms with Crippen LogP contribution in [0, 0.1) is 11.8 Å². The molecule has 2 aliphatic rings. The fourth-order valence-electron chi connectivity index (χ4n) is 3.03. The van der Waals surface area contributed by atoms with Crippen molar-refractivity contribution >= 4 is 11.8 Å². The molecule has 0 aromatic heterocycles. The number of thioether (sulfide) groups is 1. The molecule has 0 aliphatic heterocycles. The first kappa shape index (κ1) is 12.8. The van der Waals surface area contributed by atoms with E-state index in [0.717, 1.165) is 17.9 Å². The van der Waals surface area contributed by atoms with Gasteiger partial charge in [0.15, 0.2) is 0 Å². The van der Waals surface area contributed by atoms with Crippen LogP contribution < -0.4 is 5.32 Å². The molecule has 1 nitrogen and oxygen atoms in total. The highest BCUT2D eigenvalue weighted by Gasteiger charge is 2.27. The molecule has 0 saturated heterocycles. The van der Waals surface area contributed by atoms with E-state index < -0.39 is 0 Å². The number of hydrogen-bond acceptors (Lipinski definition) is 2. The summed E-state index contributed by atoms with van der Waals surface area (Å²) in [6, 6.07) is 0.897. The Hall–Kier alpha value is 0.310. The van der Waals surface area contributed by atoms with Crippen LogP contribution in [0.3, 0.4) is 0 Å².